The number of hydrogen-bond acceptors (Lipinski definition) is 4. The van der Waals surface area contributed by atoms with Crippen LogP contribution in [0.25, 0.3) is 0 Å². The highest BCUT2D eigenvalue weighted by Crippen LogP contribution is 2.23. The van der Waals surface area contributed by atoms with Crippen molar-refractivity contribution in [2.45, 2.75) is 59.4 Å². The van der Waals surface area contributed by atoms with Gasteiger partial charge in [-0.1, -0.05) is 27.7 Å². The lowest BCUT2D eigenvalue weighted by Crippen LogP contribution is -2.50. The van der Waals surface area contributed by atoms with Crippen LogP contribution in [0, 0.1) is 11.3 Å². The molecule has 4 heteroatoms. The maximum Gasteiger partial charge on any atom is 0.305 e. The van der Waals surface area contributed by atoms with Crippen LogP contribution in [0.5, 0.6) is 0 Å². The van der Waals surface area contributed by atoms with Gasteiger partial charge in [-0.15, -0.1) is 0 Å². The largest absolute Gasteiger partial charge is 0.469 e. The highest BCUT2D eigenvalue weighted by atomic mass is 16.5. The molecule has 1 saturated heterocycles. The number of carbonyl (C=O) groups is 1. The smallest absolute Gasteiger partial charge is 0.305 e. The maximum atomic E-state index is 11.3. The van der Waals surface area contributed by atoms with Crippen LogP contribution in [-0.4, -0.2) is 50.2 Å². The highest BCUT2D eigenvalue weighted by molar-refractivity contribution is 5.69. The number of esters is 1. The van der Waals surface area contributed by atoms with Gasteiger partial charge in [0.1, 0.15) is 0 Å². The van der Waals surface area contributed by atoms with E-state index in [1.807, 2.05) is 0 Å². The fourth-order valence-electron chi connectivity index (χ4n) is 3.03. The molecule has 2 unspecified atom stereocenters. The second-order valence-electron chi connectivity index (χ2n) is 7.61. The maximum absolute atomic E-state index is 11.3. The summed E-state index contributed by atoms with van der Waals surface area (Å²) in [6.07, 6.45) is 3.86. The van der Waals surface area contributed by atoms with Crippen molar-refractivity contribution in [3.05, 3.63) is 0 Å². The Bertz CT molecular complexity index is 312. The van der Waals surface area contributed by atoms with Crippen LogP contribution in [-0.2, 0) is 9.53 Å². The molecule has 1 heterocycles. The molecule has 1 fully saturated rings. The van der Waals surface area contributed by atoms with Crippen molar-refractivity contribution >= 4 is 5.97 Å². The number of likely N-dealkylation sites (tertiary alicyclic amines) is 1. The number of piperidine rings is 1. The standard InChI is InChI=1S/C17H34N2O2/c1-6-9-19-11-14(7-8-16(20)21-5)10-15(12-19)18-13-17(2,3)4/h14-15,18H,6-13H2,1-5H3. The molecule has 4 nitrogen and oxygen atoms in total. The number of methoxy groups -OCH3 is 1. The molecule has 0 saturated carbocycles. The molecule has 2 atom stereocenters. The van der Waals surface area contributed by atoms with E-state index in [2.05, 4.69) is 37.9 Å². The van der Waals surface area contributed by atoms with Gasteiger partial charge in [0.2, 0.25) is 0 Å². The van der Waals surface area contributed by atoms with Crippen molar-refractivity contribution in [3.63, 3.8) is 0 Å². The van der Waals surface area contributed by atoms with Gasteiger partial charge in [0.05, 0.1) is 7.11 Å². The Labute approximate surface area is 130 Å². The molecule has 0 aliphatic carbocycles. The molecular weight excluding hydrogens is 264 g/mol. The van der Waals surface area contributed by atoms with E-state index in [9.17, 15) is 4.79 Å². The summed E-state index contributed by atoms with van der Waals surface area (Å²) < 4.78 is 4.77. The molecule has 0 aromatic heterocycles. The molecule has 0 radical (unpaired) electrons. The predicted octanol–water partition coefficient (Wildman–Crippen LogP) is 2.68. The number of hydrogen-bond donors (Lipinski definition) is 1. The summed E-state index contributed by atoms with van der Waals surface area (Å²) in [5, 5.41) is 3.72. The van der Waals surface area contributed by atoms with Gasteiger partial charge >= 0.3 is 5.97 Å². The third-order valence-electron chi connectivity index (χ3n) is 4.06. The third kappa shape index (κ3) is 7.82. The van der Waals surface area contributed by atoms with Crippen LogP contribution in [0.4, 0.5) is 0 Å². The van der Waals surface area contributed by atoms with Crippen LogP contribution >= 0.6 is 0 Å². The fraction of sp³-hybridized carbons (Fsp3) is 0.941. The van der Waals surface area contributed by atoms with E-state index in [1.54, 1.807) is 0 Å². The summed E-state index contributed by atoms with van der Waals surface area (Å²) in [5.74, 6) is 0.517. The number of rotatable bonds is 7. The first-order valence-electron chi connectivity index (χ1n) is 8.36. The Morgan fingerprint density at radius 1 is 1.33 bits per heavy atom. The molecule has 1 aliphatic rings. The van der Waals surface area contributed by atoms with Crippen LogP contribution in [0.3, 0.4) is 0 Å². The lowest BCUT2D eigenvalue weighted by atomic mass is 9.89. The number of nitrogens with zero attached hydrogens (tertiary/aromatic N) is 1. The summed E-state index contributed by atoms with van der Waals surface area (Å²) >= 11 is 0. The summed E-state index contributed by atoms with van der Waals surface area (Å²) in [5.41, 5.74) is 0.314. The first kappa shape index (κ1) is 18.4. The number of nitrogens with one attached hydrogen (secondary N) is 1. The van der Waals surface area contributed by atoms with Gasteiger partial charge in [0.25, 0.3) is 0 Å². The van der Waals surface area contributed by atoms with E-state index in [1.165, 1.54) is 20.0 Å². The van der Waals surface area contributed by atoms with Crippen LogP contribution in [0.2, 0.25) is 0 Å². The van der Waals surface area contributed by atoms with E-state index < -0.39 is 0 Å². The molecule has 0 amide bonds. The number of ether oxygens (including phenoxy) is 1. The Morgan fingerprint density at radius 3 is 2.62 bits per heavy atom. The van der Waals surface area contributed by atoms with Crippen molar-refractivity contribution in [2.75, 3.05) is 33.3 Å². The summed E-state index contributed by atoms with van der Waals surface area (Å²) in [6, 6.07) is 0.548. The van der Waals surface area contributed by atoms with E-state index >= 15 is 0 Å². The van der Waals surface area contributed by atoms with E-state index in [0.29, 0.717) is 23.8 Å². The molecule has 0 aromatic rings. The molecule has 124 valence electrons. The Balaban J connectivity index is 2.49. The number of carbonyl (C=O) groups excluding carboxylic acids is 1. The Morgan fingerprint density at radius 2 is 2.05 bits per heavy atom. The lowest BCUT2D eigenvalue weighted by Gasteiger charge is -2.39. The van der Waals surface area contributed by atoms with Crippen molar-refractivity contribution < 1.29 is 9.53 Å². The SMILES string of the molecule is CCCN1CC(CCC(=O)OC)CC(NCC(C)(C)C)C1. The minimum Gasteiger partial charge on any atom is -0.469 e. The molecule has 0 bridgehead atoms. The summed E-state index contributed by atoms with van der Waals surface area (Å²) in [4.78, 5) is 13.9. The Kier molecular flexibility index (Phi) is 7.67. The zero-order valence-corrected chi connectivity index (χ0v) is 14.6. The van der Waals surface area contributed by atoms with Crippen LogP contribution in [0.15, 0.2) is 0 Å². The van der Waals surface area contributed by atoms with E-state index in [-0.39, 0.29) is 5.97 Å². The zero-order chi connectivity index (χ0) is 15.9. The first-order chi connectivity index (χ1) is 9.84. The molecule has 0 spiro atoms. The normalized spacial score (nSPS) is 24.0. The molecule has 21 heavy (non-hydrogen) atoms. The molecular formula is C17H34N2O2. The fourth-order valence-corrected chi connectivity index (χ4v) is 3.03. The second kappa shape index (κ2) is 8.74. The third-order valence-corrected chi connectivity index (χ3v) is 4.06. The average molecular weight is 298 g/mol. The molecule has 1 N–H and O–H groups in total. The van der Waals surface area contributed by atoms with Crippen molar-refractivity contribution in [1.82, 2.24) is 10.2 Å². The minimum atomic E-state index is -0.0817. The Hall–Kier alpha value is -0.610. The second-order valence-corrected chi connectivity index (χ2v) is 7.61. The summed E-state index contributed by atoms with van der Waals surface area (Å²) in [6.45, 7) is 13.5. The molecule has 1 rings (SSSR count). The van der Waals surface area contributed by atoms with Gasteiger partial charge in [-0.05, 0) is 37.1 Å². The average Bonchev–Trinajstić information content (AvgIpc) is 2.42. The first-order valence-corrected chi connectivity index (χ1v) is 8.36. The van der Waals surface area contributed by atoms with Gasteiger partial charge < -0.3 is 15.0 Å². The molecule has 0 aromatic carbocycles. The van der Waals surface area contributed by atoms with Gasteiger partial charge in [-0.25, -0.2) is 0 Å². The highest BCUT2D eigenvalue weighted by Gasteiger charge is 2.27. The monoisotopic (exact) mass is 298 g/mol. The topological polar surface area (TPSA) is 41.6 Å². The minimum absolute atomic E-state index is 0.0817. The lowest BCUT2D eigenvalue weighted by molar-refractivity contribution is -0.141. The van der Waals surface area contributed by atoms with Crippen molar-refractivity contribution in [3.8, 4) is 0 Å². The quantitative estimate of drug-likeness (QED) is 0.734. The summed E-state index contributed by atoms with van der Waals surface area (Å²) in [7, 11) is 1.47. The van der Waals surface area contributed by atoms with Crippen molar-refractivity contribution in [1.29, 1.82) is 0 Å². The van der Waals surface area contributed by atoms with E-state index in [4.69, 9.17) is 4.74 Å². The van der Waals surface area contributed by atoms with Gasteiger partial charge in [0, 0.05) is 32.1 Å². The van der Waals surface area contributed by atoms with Gasteiger partial charge in [-0.2, -0.15) is 0 Å². The van der Waals surface area contributed by atoms with Crippen LogP contribution < -0.4 is 5.32 Å². The van der Waals surface area contributed by atoms with Crippen molar-refractivity contribution in [2.24, 2.45) is 11.3 Å². The van der Waals surface area contributed by atoms with E-state index in [0.717, 1.165) is 32.6 Å². The van der Waals surface area contributed by atoms with Crippen LogP contribution in [0.1, 0.15) is 53.4 Å². The zero-order valence-electron chi connectivity index (χ0n) is 14.6. The predicted molar refractivity (Wildman–Crippen MR) is 87.3 cm³/mol. The van der Waals surface area contributed by atoms with Gasteiger partial charge in [-0.3, -0.25) is 4.79 Å². The molecule has 1 aliphatic heterocycles. The van der Waals surface area contributed by atoms with Gasteiger partial charge in [0.15, 0.2) is 0 Å².